The van der Waals surface area contributed by atoms with Crippen molar-refractivity contribution in [3.8, 4) is 6.07 Å². The first-order chi connectivity index (χ1) is 21.9. The van der Waals surface area contributed by atoms with Crippen molar-refractivity contribution in [2.45, 2.75) is 0 Å². The van der Waals surface area contributed by atoms with E-state index in [0.717, 1.165) is 31.9 Å². The van der Waals surface area contributed by atoms with E-state index in [4.69, 9.17) is 5.26 Å². The van der Waals surface area contributed by atoms with Crippen LogP contribution in [0.4, 0.5) is 33.2 Å². The Morgan fingerprint density at radius 3 is 2.24 bits per heavy atom. The van der Waals surface area contributed by atoms with Crippen LogP contribution in [0.5, 0.6) is 0 Å². The molecular weight excluding hydrogens is 566 g/mol. The normalized spacial score (nSPS) is 15.2. The number of carbonyl (C=O) groups is 3. The second-order valence-electron chi connectivity index (χ2n) is 10.9. The highest BCUT2D eigenvalue weighted by Gasteiger charge is 2.25. The summed E-state index contributed by atoms with van der Waals surface area (Å²) in [4.78, 5) is 43.4. The van der Waals surface area contributed by atoms with Crippen LogP contribution in [0, 0.1) is 11.3 Å². The molecule has 0 aliphatic carbocycles. The fraction of sp³-hybridized carbons (Fsp3) is 0.143. The van der Waals surface area contributed by atoms with Crippen molar-refractivity contribution in [1.82, 2.24) is 4.90 Å². The van der Waals surface area contributed by atoms with E-state index in [9.17, 15) is 14.4 Å². The topological polar surface area (TPSA) is 130 Å². The first kappa shape index (κ1) is 29.2. The molecule has 0 aromatic heterocycles. The summed E-state index contributed by atoms with van der Waals surface area (Å²) in [6.45, 7) is 4.07. The van der Waals surface area contributed by atoms with Crippen LogP contribution in [-0.2, 0) is 4.79 Å². The maximum atomic E-state index is 13.4. The summed E-state index contributed by atoms with van der Waals surface area (Å²) >= 11 is 0. The van der Waals surface area contributed by atoms with Crippen molar-refractivity contribution >= 4 is 51.7 Å². The predicted molar refractivity (Wildman–Crippen MR) is 176 cm³/mol. The van der Waals surface area contributed by atoms with Crippen LogP contribution >= 0.6 is 0 Å². The van der Waals surface area contributed by atoms with E-state index < -0.39 is 6.03 Å². The molecule has 10 nitrogen and oxygen atoms in total. The molecule has 0 unspecified atom stereocenters. The van der Waals surface area contributed by atoms with Crippen LogP contribution in [0.2, 0.25) is 0 Å². The number of benzene rings is 4. The molecule has 0 spiro atoms. The summed E-state index contributed by atoms with van der Waals surface area (Å²) < 4.78 is 0. The molecule has 2 aliphatic rings. The smallest absolute Gasteiger partial charge is 0.323 e. The van der Waals surface area contributed by atoms with Gasteiger partial charge in [0.25, 0.3) is 5.91 Å². The zero-order valence-corrected chi connectivity index (χ0v) is 24.6. The van der Waals surface area contributed by atoms with Crippen LogP contribution in [-0.4, -0.2) is 55.8 Å². The average molecular weight is 598 g/mol. The van der Waals surface area contributed by atoms with Gasteiger partial charge >= 0.3 is 6.03 Å². The highest BCUT2D eigenvalue weighted by molar-refractivity contribution is 6.32. The van der Waals surface area contributed by atoms with Gasteiger partial charge in [-0.25, -0.2) is 4.79 Å². The number of amides is 3. The molecule has 10 heteroatoms. The summed E-state index contributed by atoms with van der Waals surface area (Å²) in [6.07, 6.45) is 1.69. The molecular formula is C35H31N7O3. The number of ketones is 1. The van der Waals surface area contributed by atoms with Gasteiger partial charge in [-0.1, -0.05) is 24.3 Å². The number of urea groups is 1. The molecule has 3 amide bonds. The van der Waals surface area contributed by atoms with E-state index >= 15 is 0 Å². The Hall–Kier alpha value is -5.92. The zero-order chi connectivity index (χ0) is 31.3. The zero-order valence-electron chi connectivity index (χ0n) is 24.6. The SMILES string of the molecule is CN1CCN(c2ccc(N/C=C3/C(=O)Nc4cc(C(=O)c5cccc(NC(=O)Nc6ccc(C#N)cc6)c5)ccc43)cc2)CC1. The summed E-state index contributed by atoms with van der Waals surface area (Å²) in [6, 6.07) is 27.9. The maximum Gasteiger partial charge on any atom is 0.323 e. The lowest BCUT2D eigenvalue weighted by Crippen LogP contribution is -2.44. The maximum absolute atomic E-state index is 13.4. The van der Waals surface area contributed by atoms with Crippen molar-refractivity contribution in [2.24, 2.45) is 0 Å². The van der Waals surface area contributed by atoms with Gasteiger partial charge in [-0.15, -0.1) is 0 Å². The van der Waals surface area contributed by atoms with Gasteiger partial charge in [-0.05, 0) is 73.8 Å². The molecule has 4 N–H and O–H groups in total. The van der Waals surface area contributed by atoms with Gasteiger partial charge < -0.3 is 31.1 Å². The summed E-state index contributed by atoms with van der Waals surface area (Å²) in [5, 5.41) is 20.4. The van der Waals surface area contributed by atoms with Crippen molar-refractivity contribution in [3.63, 3.8) is 0 Å². The van der Waals surface area contributed by atoms with Gasteiger partial charge in [-0.2, -0.15) is 5.26 Å². The molecule has 4 aromatic carbocycles. The van der Waals surface area contributed by atoms with Crippen molar-refractivity contribution in [3.05, 3.63) is 119 Å². The number of anilines is 5. The highest BCUT2D eigenvalue weighted by Crippen LogP contribution is 2.33. The number of likely N-dealkylation sites (N-methyl/N-ethyl adjacent to an activating group) is 1. The molecule has 0 atom stereocenters. The Labute approximate surface area is 261 Å². The van der Waals surface area contributed by atoms with E-state index in [-0.39, 0.29) is 11.7 Å². The second-order valence-corrected chi connectivity index (χ2v) is 10.9. The van der Waals surface area contributed by atoms with E-state index in [1.807, 2.05) is 18.2 Å². The Balaban J connectivity index is 1.10. The third-order valence-corrected chi connectivity index (χ3v) is 7.84. The molecule has 1 fully saturated rings. The third kappa shape index (κ3) is 6.69. The largest absolute Gasteiger partial charge is 0.369 e. The van der Waals surface area contributed by atoms with Crippen LogP contribution in [0.1, 0.15) is 27.0 Å². The fourth-order valence-corrected chi connectivity index (χ4v) is 5.29. The lowest BCUT2D eigenvalue weighted by atomic mass is 9.99. The number of rotatable bonds is 7. The Morgan fingerprint density at radius 1 is 0.822 bits per heavy atom. The molecule has 0 bridgehead atoms. The van der Waals surface area contributed by atoms with Gasteiger partial charge in [0, 0.05) is 77.5 Å². The Kier molecular flexibility index (Phi) is 8.26. The third-order valence-electron chi connectivity index (χ3n) is 7.84. The van der Waals surface area contributed by atoms with Crippen LogP contribution < -0.4 is 26.2 Å². The van der Waals surface area contributed by atoms with E-state index in [1.54, 1.807) is 72.9 Å². The van der Waals surface area contributed by atoms with Crippen LogP contribution in [0.15, 0.2) is 97.2 Å². The van der Waals surface area contributed by atoms with Crippen molar-refractivity contribution in [2.75, 3.05) is 59.4 Å². The van der Waals surface area contributed by atoms with E-state index in [1.165, 1.54) is 5.69 Å². The summed E-state index contributed by atoms with van der Waals surface area (Å²) in [5.74, 6) is -0.505. The molecule has 2 heterocycles. The summed E-state index contributed by atoms with van der Waals surface area (Å²) in [5.41, 5.74) is 6.03. The molecule has 0 saturated carbocycles. The molecule has 45 heavy (non-hydrogen) atoms. The molecule has 1 saturated heterocycles. The van der Waals surface area contributed by atoms with Crippen molar-refractivity contribution < 1.29 is 14.4 Å². The first-order valence-electron chi connectivity index (χ1n) is 14.6. The number of fused-ring (bicyclic) bond motifs is 1. The predicted octanol–water partition coefficient (Wildman–Crippen LogP) is 5.59. The lowest BCUT2D eigenvalue weighted by Gasteiger charge is -2.34. The van der Waals surface area contributed by atoms with E-state index in [2.05, 4.69) is 50.2 Å². The summed E-state index contributed by atoms with van der Waals surface area (Å²) in [7, 11) is 2.14. The number of hydrogen-bond donors (Lipinski definition) is 4. The Bertz CT molecular complexity index is 1830. The minimum Gasteiger partial charge on any atom is -0.369 e. The number of carbonyl (C=O) groups excluding carboxylic acids is 3. The molecule has 4 aromatic rings. The lowest BCUT2D eigenvalue weighted by molar-refractivity contribution is -0.110. The highest BCUT2D eigenvalue weighted by atomic mass is 16.2. The average Bonchev–Trinajstić information content (AvgIpc) is 3.38. The van der Waals surface area contributed by atoms with E-state index in [0.29, 0.717) is 44.9 Å². The van der Waals surface area contributed by atoms with Crippen LogP contribution in [0.3, 0.4) is 0 Å². The number of nitrogens with one attached hydrogen (secondary N) is 4. The molecule has 6 rings (SSSR count). The molecule has 0 radical (unpaired) electrons. The molecule has 2 aliphatic heterocycles. The van der Waals surface area contributed by atoms with Crippen LogP contribution in [0.25, 0.3) is 5.57 Å². The second kappa shape index (κ2) is 12.8. The number of nitrogens with zero attached hydrogens (tertiary/aromatic N) is 3. The number of piperazine rings is 1. The molecule has 224 valence electrons. The van der Waals surface area contributed by atoms with Gasteiger partial charge in [0.15, 0.2) is 5.78 Å². The van der Waals surface area contributed by atoms with Gasteiger partial charge in [-0.3, -0.25) is 9.59 Å². The van der Waals surface area contributed by atoms with Gasteiger partial charge in [0.1, 0.15) is 0 Å². The van der Waals surface area contributed by atoms with Gasteiger partial charge in [0.2, 0.25) is 0 Å². The minimum atomic E-state index is -0.483. The minimum absolute atomic E-state index is 0.251. The van der Waals surface area contributed by atoms with Crippen molar-refractivity contribution in [1.29, 1.82) is 5.26 Å². The quantitative estimate of drug-likeness (QED) is 0.161. The monoisotopic (exact) mass is 597 g/mol. The number of nitriles is 1. The fourth-order valence-electron chi connectivity index (χ4n) is 5.29. The Morgan fingerprint density at radius 2 is 1.51 bits per heavy atom. The van der Waals surface area contributed by atoms with Gasteiger partial charge in [0.05, 0.1) is 17.2 Å². The number of hydrogen-bond acceptors (Lipinski definition) is 7. The first-order valence-corrected chi connectivity index (χ1v) is 14.6. The standard InChI is InChI=1S/C35H31N7O3/c1-41-15-17-42(18-16-41)29-12-10-26(11-13-29)37-22-31-30-14-7-25(20-32(30)40-34(31)44)33(43)24-3-2-4-28(19-24)39-35(45)38-27-8-5-23(21-36)6-9-27/h2-14,19-20,22,37H,15-18H2,1H3,(H,40,44)(H2,38,39,45)/b31-22+.